The number of aliphatic hydroxyl groups is 1. The molecule has 0 aliphatic heterocycles. The van der Waals surface area contributed by atoms with E-state index in [1.807, 2.05) is 20.8 Å². The van der Waals surface area contributed by atoms with Crippen LogP contribution in [-0.4, -0.2) is 42.5 Å². The molecule has 90 valence electrons. The maximum Gasteiger partial charge on any atom is 0.341 e. The zero-order valence-corrected chi connectivity index (χ0v) is 10.2. The van der Waals surface area contributed by atoms with Crippen molar-refractivity contribution in [3.05, 3.63) is 0 Å². The number of nitrogens with one attached hydrogen (secondary N) is 2. The number of esters is 1. The Bertz CT molecular complexity index is 213. The second kappa shape index (κ2) is 5.44. The van der Waals surface area contributed by atoms with Crippen molar-refractivity contribution in [3.63, 3.8) is 0 Å². The summed E-state index contributed by atoms with van der Waals surface area (Å²) in [6, 6.07) is 0. The molecule has 0 spiro atoms. The molecule has 5 heteroatoms. The van der Waals surface area contributed by atoms with Crippen LogP contribution in [0.2, 0.25) is 0 Å². The van der Waals surface area contributed by atoms with E-state index in [1.54, 1.807) is 14.0 Å². The number of likely N-dealkylation sites (N-methyl/N-ethyl adjacent to an activating group) is 1. The van der Waals surface area contributed by atoms with Gasteiger partial charge in [-0.25, -0.2) is 4.79 Å². The predicted octanol–water partition coefficient (Wildman–Crippen LogP) is -0.154. The number of rotatable bonds is 5. The van der Waals surface area contributed by atoms with Crippen molar-refractivity contribution in [3.8, 4) is 0 Å². The molecule has 0 radical (unpaired) electrons. The maximum absolute atomic E-state index is 11.8. The van der Waals surface area contributed by atoms with E-state index in [2.05, 4.69) is 10.6 Å². The molecule has 0 saturated carbocycles. The summed E-state index contributed by atoms with van der Waals surface area (Å²) in [4.78, 5) is 11.8. The molecule has 15 heavy (non-hydrogen) atoms. The second-order valence-electron chi connectivity index (χ2n) is 4.53. The Balaban J connectivity index is 4.44. The summed E-state index contributed by atoms with van der Waals surface area (Å²) in [6.45, 7) is 7.42. The minimum atomic E-state index is -0.962. The molecule has 3 N–H and O–H groups in total. The van der Waals surface area contributed by atoms with Gasteiger partial charge in [0.25, 0.3) is 0 Å². The van der Waals surface area contributed by atoms with Crippen molar-refractivity contribution in [1.29, 1.82) is 0 Å². The van der Waals surface area contributed by atoms with Crippen molar-refractivity contribution in [1.82, 2.24) is 10.6 Å². The van der Waals surface area contributed by atoms with Gasteiger partial charge in [0, 0.05) is 6.54 Å². The summed E-state index contributed by atoms with van der Waals surface area (Å²) >= 11 is 0. The third-order valence-corrected chi connectivity index (χ3v) is 1.90. The minimum absolute atomic E-state index is 0.0277. The lowest BCUT2D eigenvalue weighted by Crippen LogP contribution is -2.61. The predicted molar refractivity (Wildman–Crippen MR) is 58.4 cm³/mol. The van der Waals surface area contributed by atoms with E-state index < -0.39 is 11.3 Å². The SMILES string of the molecule is CNC(C)(NCCO)C(=O)OC(C)(C)C. The molecule has 5 nitrogen and oxygen atoms in total. The van der Waals surface area contributed by atoms with Crippen LogP contribution >= 0.6 is 0 Å². The highest BCUT2D eigenvalue weighted by Gasteiger charge is 2.34. The van der Waals surface area contributed by atoms with Gasteiger partial charge in [-0.1, -0.05) is 0 Å². The molecule has 0 saturated heterocycles. The van der Waals surface area contributed by atoms with Gasteiger partial charge in [0.05, 0.1) is 6.61 Å². The smallest absolute Gasteiger partial charge is 0.341 e. The summed E-state index contributed by atoms with van der Waals surface area (Å²) in [5.74, 6) is -0.383. The highest BCUT2D eigenvalue weighted by Crippen LogP contribution is 2.12. The van der Waals surface area contributed by atoms with E-state index >= 15 is 0 Å². The fourth-order valence-electron chi connectivity index (χ4n) is 0.949. The van der Waals surface area contributed by atoms with E-state index in [-0.39, 0.29) is 12.6 Å². The molecule has 0 rings (SSSR count). The van der Waals surface area contributed by atoms with Crippen LogP contribution in [0.4, 0.5) is 0 Å². The van der Waals surface area contributed by atoms with Crippen molar-refractivity contribution in [2.45, 2.75) is 39.0 Å². The first-order valence-electron chi connectivity index (χ1n) is 5.03. The molecule has 1 atom stereocenters. The lowest BCUT2D eigenvalue weighted by Gasteiger charge is -2.31. The van der Waals surface area contributed by atoms with Crippen molar-refractivity contribution in [2.75, 3.05) is 20.2 Å². The summed E-state index contributed by atoms with van der Waals surface area (Å²) in [7, 11) is 1.66. The zero-order valence-electron chi connectivity index (χ0n) is 10.2. The van der Waals surface area contributed by atoms with Crippen LogP contribution in [-0.2, 0) is 9.53 Å². The molecular formula is C10H22N2O3. The summed E-state index contributed by atoms with van der Waals surface area (Å²) in [5, 5.41) is 14.4. The normalized spacial score (nSPS) is 15.9. The minimum Gasteiger partial charge on any atom is -0.458 e. The van der Waals surface area contributed by atoms with E-state index in [0.717, 1.165) is 0 Å². The van der Waals surface area contributed by atoms with Gasteiger partial charge >= 0.3 is 5.97 Å². The topological polar surface area (TPSA) is 70.6 Å². The van der Waals surface area contributed by atoms with Crippen LogP contribution in [0.3, 0.4) is 0 Å². The first-order valence-corrected chi connectivity index (χ1v) is 5.03. The Labute approximate surface area is 91.2 Å². The molecule has 0 fully saturated rings. The molecule has 1 unspecified atom stereocenters. The molecule has 0 aromatic carbocycles. The van der Waals surface area contributed by atoms with Crippen LogP contribution in [0.5, 0.6) is 0 Å². The van der Waals surface area contributed by atoms with E-state index in [0.29, 0.717) is 6.54 Å². The van der Waals surface area contributed by atoms with Crippen LogP contribution < -0.4 is 10.6 Å². The molecule has 0 aliphatic rings. The average molecular weight is 218 g/mol. The van der Waals surface area contributed by atoms with Crippen molar-refractivity contribution in [2.24, 2.45) is 0 Å². The van der Waals surface area contributed by atoms with Gasteiger partial charge in [-0.2, -0.15) is 0 Å². The van der Waals surface area contributed by atoms with Gasteiger partial charge in [0.15, 0.2) is 5.66 Å². The Hall–Kier alpha value is -0.650. The number of carbonyl (C=O) groups excluding carboxylic acids is 1. The third kappa shape index (κ3) is 5.11. The van der Waals surface area contributed by atoms with Gasteiger partial charge in [0.1, 0.15) is 5.60 Å². The fraction of sp³-hybridized carbons (Fsp3) is 0.900. The lowest BCUT2D eigenvalue weighted by atomic mass is 10.1. The summed E-state index contributed by atoms with van der Waals surface area (Å²) < 4.78 is 5.25. The molecule has 0 heterocycles. The summed E-state index contributed by atoms with van der Waals surface area (Å²) in [6.07, 6.45) is 0. The number of hydrogen-bond acceptors (Lipinski definition) is 5. The first kappa shape index (κ1) is 14.3. The van der Waals surface area contributed by atoms with E-state index in [1.165, 1.54) is 0 Å². The molecular weight excluding hydrogens is 196 g/mol. The standard InChI is InChI=1S/C10H22N2O3/c1-9(2,3)15-8(14)10(4,11-5)12-6-7-13/h11-13H,6-7H2,1-5H3. The van der Waals surface area contributed by atoms with Gasteiger partial charge in [-0.3, -0.25) is 10.6 Å². The highest BCUT2D eigenvalue weighted by atomic mass is 16.6. The van der Waals surface area contributed by atoms with Crippen LogP contribution in [0.15, 0.2) is 0 Å². The van der Waals surface area contributed by atoms with Gasteiger partial charge in [-0.15, -0.1) is 0 Å². The zero-order chi connectivity index (χ0) is 12.1. The summed E-state index contributed by atoms with van der Waals surface area (Å²) in [5.41, 5.74) is -1.48. The van der Waals surface area contributed by atoms with E-state index in [4.69, 9.17) is 9.84 Å². The number of hydrogen-bond donors (Lipinski definition) is 3. The number of ether oxygens (including phenoxy) is 1. The Morgan fingerprint density at radius 3 is 2.20 bits per heavy atom. The molecule has 0 bridgehead atoms. The maximum atomic E-state index is 11.8. The van der Waals surface area contributed by atoms with Gasteiger partial charge < -0.3 is 9.84 Å². The van der Waals surface area contributed by atoms with E-state index in [9.17, 15) is 4.79 Å². The van der Waals surface area contributed by atoms with Crippen molar-refractivity contribution >= 4 is 5.97 Å². The van der Waals surface area contributed by atoms with Crippen molar-refractivity contribution < 1.29 is 14.6 Å². The average Bonchev–Trinajstić information content (AvgIpc) is 2.11. The Morgan fingerprint density at radius 2 is 1.87 bits per heavy atom. The largest absolute Gasteiger partial charge is 0.458 e. The quantitative estimate of drug-likeness (QED) is 0.442. The van der Waals surface area contributed by atoms with Gasteiger partial charge in [0.2, 0.25) is 0 Å². The Morgan fingerprint density at radius 1 is 1.33 bits per heavy atom. The fourth-order valence-corrected chi connectivity index (χ4v) is 0.949. The number of carbonyl (C=O) groups is 1. The monoisotopic (exact) mass is 218 g/mol. The Kier molecular flexibility index (Phi) is 5.20. The van der Waals surface area contributed by atoms with Crippen LogP contribution in [0, 0.1) is 0 Å². The third-order valence-electron chi connectivity index (χ3n) is 1.90. The molecule has 0 amide bonds. The molecule has 0 aliphatic carbocycles. The lowest BCUT2D eigenvalue weighted by molar-refractivity contribution is -0.164. The highest BCUT2D eigenvalue weighted by molar-refractivity contribution is 5.80. The first-order chi connectivity index (χ1) is 6.75. The number of aliphatic hydroxyl groups excluding tert-OH is 1. The molecule has 0 aromatic heterocycles. The van der Waals surface area contributed by atoms with Crippen LogP contribution in [0.25, 0.3) is 0 Å². The van der Waals surface area contributed by atoms with Gasteiger partial charge in [-0.05, 0) is 34.7 Å². The molecule has 0 aromatic rings. The van der Waals surface area contributed by atoms with Crippen LogP contribution in [0.1, 0.15) is 27.7 Å². The second-order valence-corrected chi connectivity index (χ2v) is 4.53.